The lowest BCUT2D eigenvalue weighted by Crippen LogP contribution is -1.92. The van der Waals surface area contributed by atoms with E-state index in [2.05, 4.69) is 9.97 Å². The van der Waals surface area contributed by atoms with Crippen molar-refractivity contribution in [3.63, 3.8) is 0 Å². The van der Waals surface area contributed by atoms with Gasteiger partial charge in [-0.05, 0) is 43.3 Å². The number of benzene rings is 2. The minimum absolute atomic E-state index is 0.185. The molecule has 0 atom stereocenters. The van der Waals surface area contributed by atoms with E-state index in [1.165, 1.54) is 0 Å². The minimum atomic E-state index is -0.379. The summed E-state index contributed by atoms with van der Waals surface area (Å²) in [6.07, 6.45) is 1.63. The summed E-state index contributed by atoms with van der Waals surface area (Å²) in [5, 5.41) is 1.31. The van der Waals surface area contributed by atoms with Crippen molar-refractivity contribution in [1.29, 1.82) is 0 Å². The van der Waals surface area contributed by atoms with Crippen molar-refractivity contribution in [1.82, 2.24) is 9.97 Å². The third-order valence-corrected chi connectivity index (χ3v) is 3.97. The number of ether oxygens (including phenoxy) is 2. The first-order valence-electron chi connectivity index (χ1n) is 7.54. The number of pyridine rings is 1. The SMILES string of the molecule is COc1ccc2c(Oc3ccc4[nH]c(C)cc4c3F)ccnc2c1. The van der Waals surface area contributed by atoms with Crippen molar-refractivity contribution in [2.45, 2.75) is 6.92 Å². The zero-order chi connectivity index (χ0) is 16.7. The van der Waals surface area contributed by atoms with Crippen molar-refractivity contribution < 1.29 is 13.9 Å². The lowest BCUT2D eigenvalue weighted by Gasteiger charge is -2.10. The first-order chi connectivity index (χ1) is 11.7. The van der Waals surface area contributed by atoms with Crippen molar-refractivity contribution in [2.75, 3.05) is 7.11 Å². The van der Waals surface area contributed by atoms with E-state index in [0.29, 0.717) is 16.9 Å². The summed E-state index contributed by atoms with van der Waals surface area (Å²) in [5.41, 5.74) is 2.38. The minimum Gasteiger partial charge on any atom is -0.497 e. The summed E-state index contributed by atoms with van der Waals surface area (Å²) in [6, 6.07) is 12.4. The standard InChI is InChI=1S/C19H15FN2O2/c1-11-9-14-15(22-11)5-6-18(19(14)20)24-17-7-8-21-16-10-12(23-2)3-4-13(16)17/h3-10,22H,1-2H3. The van der Waals surface area contributed by atoms with Gasteiger partial charge in [0.25, 0.3) is 0 Å². The molecule has 2 heterocycles. The van der Waals surface area contributed by atoms with Crippen LogP contribution in [-0.4, -0.2) is 17.1 Å². The lowest BCUT2D eigenvalue weighted by molar-refractivity contribution is 0.415. The molecule has 2 aromatic carbocycles. The molecule has 0 fully saturated rings. The Morgan fingerprint density at radius 3 is 2.71 bits per heavy atom. The Kier molecular flexibility index (Phi) is 3.34. The zero-order valence-corrected chi connectivity index (χ0v) is 13.3. The number of aromatic amines is 1. The molecule has 5 heteroatoms. The van der Waals surface area contributed by atoms with Gasteiger partial charge in [-0.25, -0.2) is 4.39 Å². The van der Waals surface area contributed by atoms with Crippen LogP contribution in [0.5, 0.6) is 17.2 Å². The van der Waals surface area contributed by atoms with Crippen LogP contribution < -0.4 is 9.47 Å². The van der Waals surface area contributed by atoms with Crippen LogP contribution in [0, 0.1) is 12.7 Å². The molecule has 0 unspecified atom stereocenters. The Labute approximate surface area is 137 Å². The quantitative estimate of drug-likeness (QED) is 0.579. The smallest absolute Gasteiger partial charge is 0.175 e. The summed E-state index contributed by atoms with van der Waals surface area (Å²) in [6.45, 7) is 1.89. The molecule has 0 aliphatic carbocycles. The van der Waals surface area contributed by atoms with E-state index in [1.807, 2.05) is 31.2 Å². The molecule has 4 rings (SSSR count). The van der Waals surface area contributed by atoms with E-state index in [0.717, 1.165) is 22.1 Å². The van der Waals surface area contributed by atoms with Crippen LogP contribution in [0.4, 0.5) is 4.39 Å². The lowest BCUT2D eigenvalue weighted by atomic mass is 10.2. The third-order valence-electron chi connectivity index (χ3n) is 3.97. The molecular formula is C19H15FN2O2. The van der Waals surface area contributed by atoms with Crippen LogP contribution in [-0.2, 0) is 0 Å². The van der Waals surface area contributed by atoms with Gasteiger partial charge in [-0.2, -0.15) is 0 Å². The molecule has 0 amide bonds. The fraction of sp³-hybridized carbons (Fsp3) is 0.105. The van der Waals surface area contributed by atoms with Crippen LogP contribution in [0.25, 0.3) is 21.8 Å². The largest absolute Gasteiger partial charge is 0.497 e. The molecule has 0 aliphatic heterocycles. The summed E-state index contributed by atoms with van der Waals surface area (Å²) in [4.78, 5) is 7.42. The molecule has 1 N–H and O–H groups in total. The Morgan fingerprint density at radius 1 is 1.00 bits per heavy atom. The predicted molar refractivity (Wildman–Crippen MR) is 91.4 cm³/mol. The van der Waals surface area contributed by atoms with Crippen LogP contribution in [0.15, 0.2) is 48.7 Å². The number of H-pyrrole nitrogens is 1. The Morgan fingerprint density at radius 2 is 1.88 bits per heavy atom. The summed E-state index contributed by atoms with van der Waals surface area (Å²) >= 11 is 0. The van der Waals surface area contributed by atoms with E-state index in [1.54, 1.807) is 31.5 Å². The van der Waals surface area contributed by atoms with Crippen LogP contribution in [0.3, 0.4) is 0 Å². The van der Waals surface area contributed by atoms with Gasteiger partial charge >= 0.3 is 0 Å². The maximum Gasteiger partial charge on any atom is 0.175 e. The molecule has 0 bridgehead atoms. The normalized spacial score (nSPS) is 11.1. The molecule has 0 radical (unpaired) electrons. The highest BCUT2D eigenvalue weighted by Gasteiger charge is 2.13. The number of nitrogens with one attached hydrogen (secondary N) is 1. The summed E-state index contributed by atoms with van der Waals surface area (Å²) in [5.74, 6) is 1.07. The second-order valence-electron chi connectivity index (χ2n) is 5.59. The van der Waals surface area contributed by atoms with Crippen LogP contribution >= 0.6 is 0 Å². The van der Waals surface area contributed by atoms with Crippen LogP contribution in [0.2, 0.25) is 0 Å². The molecular weight excluding hydrogens is 307 g/mol. The Bertz CT molecular complexity index is 1060. The second-order valence-corrected chi connectivity index (χ2v) is 5.59. The van der Waals surface area contributed by atoms with Crippen molar-refractivity contribution in [3.8, 4) is 17.2 Å². The van der Waals surface area contributed by atoms with Gasteiger partial charge in [0.15, 0.2) is 11.6 Å². The fourth-order valence-corrected chi connectivity index (χ4v) is 2.80. The number of aromatic nitrogens is 2. The van der Waals surface area contributed by atoms with E-state index >= 15 is 0 Å². The van der Waals surface area contributed by atoms with Gasteiger partial charge < -0.3 is 14.5 Å². The summed E-state index contributed by atoms with van der Waals surface area (Å²) in [7, 11) is 1.60. The van der Waals surface area contributed by atoms with Crippen molar-refractivity contribution in [3.05, 3.63) is 60.2 Å². The van der Waals surface area contributed by atoms with Crippen LogP contribution in [0.1, 0.15) is 5.69 Å². The van der Waals surface area contributed by atoms with Gasteiger partial charge in [0.05, 0.1) is 12.6 Å². The number of hydrogen-bond donors (Lipinski definition) is 1. The number of nitrogens with zero attached hydrogens (tertiary/aromatic N) is 1. The van der Waals surface area contributed by atoms with E-state index in [9.17, 15) is 4.39 Å². The first-order valence-corrected chi connectivity index (χ1v) is 7.54. The molecule has 120 valence electrons. The van der Waals surface area contributed by atoms with Crippen molar-refractivity contribution in [2.24, 2.45) is 0 Å². The predicted octanol–water partition coefficient (Wildman–Crippen LogP) is 4.96. The zero-order valence-electron chi connectivity index (χ0n) is 13.3. The van der Waals surface area contributed by atoms with E-state index in [4.69, 9.17) is 9.47 Å². The first kappa shape index (κ1) is 14.5. The average Bonchev–Trinajstić information content (AvgIpc) is 2.98. The Hall–Kier alpha value is -3.08. The molecule has 24 heavy (non-hydrogen) atoms. The molecule has 0 saturated carbocycles. The van der Waals surface area contributed by atoms with E-state index < -0.39 is 0 Å². The topological polar surface area (TPSA) is 47.1 Å². The van der Waals surface area contributed by atoms with Gasteiger partial charge in [-0.3, -0.25) is 4.98 Å². The van der Waals surface area contributed by atoms with Gasteiger partial charge in [-0.1, -0.05) is 0 Å². The molecule has 4 nitrogen and oxygen atoms in total. The number of methoxy groups -OCH3 is 1. The Balaban J connectivity index is 1.80. The van der Waals surface area contributed by atoms with Gasteiger partial charge in [0, 0.05) is 34.2 Å². The van der Waals surface area contributed by atoms with Gasteiger partial charge in [-0.15, -0.1) is 0 Å². The highest BCUT2D eigenvalue weighted by atomic mass is 19.1. The third kappa shape index (κ3) is 2.34. The van der Waals surface area contributed by atoms with Crippen molar-refractivity contribution >= 4 is 21.8 Å². The highest BCUT2D eigenvalue weighted by Crippen LogP contribution is 2.34. The molecule has 2 aromatic heterocycles. The highest BCUT2D eigenvalue weighted by molar-refractivity contribution is 5.87. The molecule has 0 spiro atoms. The number of aryl methyl sites for hydroxylation is 1. The maximum absolute atomic E-state index is 14.7. The maximum atomic E-state index is 14.7. The average molecular weight is 322 g/mol. The van der Waals surface area contributed by atoms with Gasteiger partial charge in [0.2, 0.25) is 0 Å². The number of hydrogen-bond acceptors (Lipinski definition) is 3. The fourth-order valence-electron chi connectivity index (χ4n) is 2.80. The monoisotopic (exact) mass is 322 g/mol. The molecule has 0 aliphatic rings. The molecule has 0 saturated heterocycles. The number of halogens is 1. The van der Waals surface area contributed by atoms with Gasteiger partial charge in [0.1, 0.15) is 11.5 Å². The summed E-state index contributed by atoms with van der Waals surface area (Å²) < 4.78 is 25.8. The second kappa shape index (κ2) is 5.53. The number of fused-ring (bicyclic) bond motifs is 2. The number of rotatable bonds is 3. The molecule has 4 aromatic rings. The van der Waals surface area contributed by atoms with E-state index in [-0.39, 0.29) is 11.6 Å².